The molecule has 1 aliphatic heterocycles. The van der Waals surface area contributed by atoms with Crippen LogP contribution >= 0.6 is 0 Å². The molecule has 4 aromatic carbocycles. The van der Waals surface area contributed by atoms with Gasteiger partial charge in [-0.1, -0.05) is 45.0 Å². The number of carbonyl (C=O) groups excluding carboxylic acids is 2. The number of benzene rings is 4. The third-order valence-electron chi connectivity index (χ3n) is 9.59. The molecule has 13 nitrogen and oxygen atoms in total. The van der Waals surface area contributed by atoms with Gasteiger partial charge in [0.15, 0.2) is 15.6 Å². The smallest absolute Gasteiger partial charge is 0.323 e. The van der Waals surface area contributed by atoms with Crippen LogP contribution in [0.1, 0.15) is 48.0 Å². The Labute approximate surface area is 333 Å². The number of methoxy groups -OCH3 is 2. The van der Waals surface area contributed by atoms with Crippen molar-refractivity contribution < 1.29 is 37.0 Å². The van der Waals surface area contributed by atoms with E-state index in [2.05, 4.69) is 25.8 Å². The van der Waals surface area contributed by atoms with E-state index in [9.17, 15) is 18.0 Å². The van der Waals surface area contributed by atoms with E-state index in [4.69, 9.17) is 18.9 Å². The zero-order valence-corrected chi connectivity index (χ0v) is 33.9. The molecule has 2 heterocycles. The number of rotatable bonds is 13. The summed E-state index contributed by atoms with van der Waals surface area (Å²) in [5, 5.41) is 10.2. The van der Waals surface area contributed by atoms with Crippen molar-refractivity contribution in [3.63, 3.8) is 0 Å². The molecule has 6 rings (SSSR count). The maximum Gasteiger partial charge on any atom is 0.323 e. The monoisotopic (exact) mass is 795 g/mol. The summed E-state index contributed by atoms with van der Waals surface area (Å²) in [5.74, 6) is 1.57. The average Bonchev–Trinajstić information content (AvgIpc) is 3.18. The molecule has 0 aliphatic carbocycles. The van der Waals surface area contributed by atoms with Gasteiger partial charge in [0.2, 0.25) is 0 Å². The average molecular weight is 796 g/mol. The molecule has 1 fully saturated rings. The maximum absolute atomic E-state index is 13.5. The lowest BCUT2D eigenvalue weighted by Gasteiger charge is -2.26. The molecular weight excluding hydrogens is 747 g/mol. The number of fused-ring (bicyclic) bond motifs is 1. The van der Waals surface area contributed by atoms with E-state index < -0.39 is 21.3 Å². The molecule has 0 bridgehead atoms. The second kappa shape index (κ2) is 17.6. The SMILES string of the molecule is COc1cc(Cc2cc(Oc3ccc(NC(=O)Nc4cc(C(C)(C)C)cc(S(C)(=O)=O)c4OC)c4ccccc34)ccn2)cc(C(=O)NCCN2CCOCC2)c1. The second-order valence-electron chi connectivity index (χ2n) is 14.9. The van der Waals surface area contributed by atoms with E-state index >= 15 is 0 Å². The van der Waals surface area contributed by atoms with Crippen LogP contribution in [-0.2, 0) is 26.4 Å². The fraction of sp³-hybridized carbons (Fsp3) is 0.326. The van der Waals surface area contributed by atoms with Crippen LogP contribution in [0.5, 0.6) is 23.0 Å². The second-order valence-corrected chi connectivity index (χ2v) is 16.8. The van der Waals surface area contributed by atoms with Crippen LogP contribution in [0.15, 0.2) is 90.0 Å². The van der Waals surface area contributed by atoms with Crippen LogP contribution in [0.25, 0.3) is 10.8 Å². The molecule has 1 saturated heterocycles. The van der Waals surface area contributed by atoms with E-state index in [0.717, 1.165) is 53.5 Å². The number of morpholine rings is 1. The fourth-order valence-corrected chi connectivity index (χ4v) is 7.45. The quantitative estimate of drug-likeness (QED) is 0.113. The molecule has 57 heavy (non-hydrogen) atoms. The maximum atomic E-state index is 13.5. The highest BCUT2D eigenvalue weighted by molar-refractivity contribution is 7.90. The highest BCUT2D eigenvalue weighted by Gasteiger charge is 2.25. The Morgan fingerprint density at radius 2 is 1.60 bits per heavy atom. The predicted octanol–water partition coefficient (Wildman–Crippen LogP) is 7.04. The number of hydrogen-bond acceptors (Lipinski definition) is 10. The zero-order chi connectivity index (χ0) is 40.7. The van der Waals surface area contributed by atoms with Crippen molar-refractivity contribution in [3.05, 3.63) is 107 Å². The fourth-order valence-electron chi connectivity index (χ4n) is 6.58. The highest BCUT2D eigenvalue weighted by atomic mass is 32.2. The van der Waals surface area contributed by atoms with Crippen molar-refractivity contribution in [2.24, 2.45) is 0 Å². The van der Waals surface area contributed by atoms with Crippen LogP contribution in [0, 0.1) is 0 Å². The summed E-state index contributed by atoms with van der Waals surface area (Å²) in [6, 6.07) is 22.8. The highest BCUT2D eigenvalue weighted by Crippen LogP contribution is 2.39. The lowest BCUT2D eigenvalue weighted by molar-refractivity contribution is 0.0383. The number of ether oxygens (including phenoxy) is 4. The number of anilines is 2. The van der Waals surface area contributed by atoms with E-state index in [-0.39, 0.29) is 22.2 Å². The zero-order valence-electron chi connectivity index (χ0n) is 33.1. The first-order valence-electron chi connectivity index (χ1n) is 18.6. The molecule has 1 aliphatic rings. The molecule has 0 spiro atoms. The number of pyridine rings is 1. The summed E-state index contributed by atoms with van der Waals surface area (Å²) in [5.41, 5.74) is 3.14. The number of nitrogens with one attached hydrogen (secondary N) is 3. The number of sulfone groups is 1. The van der Waals surface area contributed by atoms with Crippen molar-refractivity contribution in [1.29, 1.82) is 0 Å². The van der Waals surface area contributed by atoms with E-state index in [1.807, 2.05) is 63.2 Å². The summed E-state index contributed by atoms with van der Waals surface area (Å²) < 4.78 is 48.3. The predicted molar refractivity (Wildman–Crippen MR) is 221 cm³/mol. The first-order valence-corrected chi connectivity index (χ1v) is 20.5. The summed E-state index contributed by atoms with van der Waals surface area (Å²) in [4.78, 5) is 33.4. The van der Waals surface area contributed by atoms with Crippen molar-refractivity contribution in [3.8, 4) is 23.0 Å². The van der Waals surface area contributed by atoms with Crippen LogP contribution < -0.4 is 30.2 Å². The van der Waals surface area contributed by atoms with Gasteiger partial charge in [0.05, 0.1) is 38.8 Å². The van der Waals surface area contributed by atoms with E-state index in [1.54, 1.807) is 49.7 Å². The van der Waals surface area contributed by atoms with E-state index in [0.29, 0.717) is 54.7 Å². The number of aromatic nitrogens is 1. The van der Waals surface area contributed by atoms with Crippen LogP contribution in [0.3, 0.4) is 0 Å². The Hall–Kier alpha value is -5.70. The number of urea groups is 1. The summed E-state index contributed by atoms with van der Waals surface area (Å²) in [7, 11) is -0.736. The van der Waals surface area contributed by atoms with Gasteiger partial charge in [-0.2, -0.15) is 0 Å². The van der Waals surface area contributed by atoms with Crippen molar-refractivity contribution >= 4 is 43.9 Å². The molecule has 3 N–H and O–H groups in total. The third-order valence-corrected chi connectivity index (χ3v) is 10.7. The molecule has 1 aromatic heterocycles. The van der Waals surface area contributed by atoms with Gasteiger partial charge < -0.3 is 34.9 Å². The molecule has 300 valence electrons. The first kappa shape index (κ1) is 40.9. The summed E-state index contributed by atoms with van der Waals surface area (Å²) >= 11 is 0. The lowest BCUT2D eigenvalue weighted by atomic mass is 9.86. The van der Waals surface area contributed by atoms with E-state index in [1.165, 1.54) is 7.11 Å². The summed E-state index contributed by atoms with van der Waals surface area (Å²) in [6.07, 6.45) is 3.21. The molecule has 3 amide bonds. The third kappa shape index (κ3) is 10.4. The number of amides is 3. The number of hydrogen-bond donors (Lipinski definition) is 3. The molecule has 0 radical (unpaired) electrons. The number of nitrogens with zero attached hydrogens (tertiary/aromatic N) is 2. The lowest BCUT2D eigenvalue weighted by Crippen LogP contribution is -2.41. The van der Waals surface area contributed by atoms with Crippen LogP contribution in [-0.4, -0.2) is 90.1 Å². The van der Waals surface area contributed by atoms with Gasteiger partial charge in [0.25, 0.3) is 5.91 Å². The topological polar surface area (TPSA) is 157 Å². The molecule has 0 atom stereocenters. The van der Waals surface area contributed by atoms with Gasteiger partial charge in [-0.3, -0.25) is 14.7 Å². The Morgan fingerprint density at radius 1 is 0.860 bits per heavy atom. The largest absolute Gasteiger partial charge is 0.497 e. The van der Waals surface area contributed by atoms with Crippen LogP contribution in [0.4, 0.5) is 16.2 Å². The van der Waals surface area contributed by atoms with Crippen LogP contribution in [0.2, 0.25) is 0 Å². The molecule has 14 heteroatoms. The summed E-state index contributed by atoms with van der Waals surface area (Å²) in [6.45, 7) is 10.3. The molecular formula is C43H49N5O8S. The first-order chi connectivity index (χ1) is 27.2. The molecule has 0 unspecified atom stereocenters. The van der Waals surface area contributed by atoms with Crippen molar-refractivity contribution in [2.75, 3.05) is 70.5 Å². The molecule has 0 saturated carbocycles. The normalized spacial score (nSPS) is 13.5. The van der Waals surface area contributed by atoms with Crippen molar-refractivity contribution in [2.45, 2.75) is 37.5 Å². The van der Waals surface area contributed by atoms with Gasteiger partial charge in [-0.05, 0) is 65.1 Å². The standard InChI is InChI=1S/C43H49N5O8S/c1-43(2,3)30-25-37(40(54-5)39(26-30)57(6,51)52)47-42(50)46-36-11-12-38(35-10-8-7-9-34(35)36)56-32-13-14-44-31(27-32)22-28-21-29(24-33(23-28)53-4)41(49)45-15-16-48-17-19-55-20-18-48/h7-14,21,23-27H,15-20,22H2,1-6H3,(H,45,49)(H2,46,47,50). The Kier molecular flexibility index (Phi) is 12.7. The minimum atomic E-state index is -3.68. The minimum absolute atomic E-state index is 0.00901. The van der Waals surface area contributed by atoms with Gasteiger partial charge in [0.1, 0.15) is 22.1 Å². The van der Waals surface area contributed by atoms with Gasteiger partial charge >= 0.3 is 6.03 Å². The Bertz CT molecular complexity index is 2370. The van der Waals surface area contributed by atoms with Gasteiger partial charge in [-0.25, -0.2) is 13.2 Å². The number of carbonyl (C=O) groups is 2. The Morgan fingerprint density at radius 3 is 2.30 bits per heavy atom. The minimum Gasteiger partial charge on any atom is -0.497 e. The van der Waals surface area contributed by atoms with Gasteiger partial charge in [-0.15, -0.1) is 0 Å². The molecule has 5 aromatic rings. The van der Waals surface area contributed by atoms with Gasteiger partial charge in [0, 0.05) is 73.1 Å². The van der Waals surface area contributed by atoms with Crippen molar-refractivity contribution in [1.82, 2.24) is 15.2 Å². The Balaban J connectivity index is 1.17.